The Kier molecular flexibility index (Phi) is 5.40. The summed E-state index contributed by atoms with van der Waals surface area (Å²) in [6.07, 6.45) is -1.25. The van der Waals surface area contributed by atoms with Crippen molar-refractivity contribution in [2.75, 3.05) is 6.54 Å². The minimum absolute atomic E-state index is 0.0760. The second-order valence-electron chi connectivity index (χ2n) is 4.10. The van der Waals surface area contributed by atoms with E-state index in [-0.39, 0.29) is 18.9 Å². The van der Waals surface area contributed by atoms with Gasteiger partial charge in [-0.05, 0) is 6.07 Å². The first-order chi connectivity index (χ1) is 8.90. The Labute approximate surface area is 109 Å². The Bertz CT molecular complexity index is 446. The topological polar surface area (TPSA) is 120 Å². The van der Waals surface area contributed by atoms with Gasteiger partial charge in [0.05, 0.1) is 12.1 Å². The molecule has 1 aromatic rings. The van der Waals surface area contributed by atoms with Crippen LogP contribution in [0.2, 0.25) is 0 Å². The molecule has 1 heterocycles. The third kappa shape index (κ3) is 5.02. The molecule has 2 atom stereocenters. The first-order valence-electron chi connectivity index (χ1n) is 5.67. The molecule has 1 amide bonds. The highest BCUT2D eigenvalue weighted by atomic mass is 16.4. The van der Waals surface area contributed by atoms with E-state index < -0.39 is 18.2 Å². The van der Waals surface area contributed by atoms with Crippen LogP contribution in [-0.2, 0) is 16.0 Å². The molecule has 0 saturated carbocycles. The number of carboxylic acids is 1. The molecule has 0 bridgehead atoms. The normalized spacial score (nSPS) is 13.6. The number of aromatic nitrogens is 1. The monoisotopic (exact) mass is 268 g/mol. The van der Waals surface area contributed by atoms with E-state index in [0.717, 1.165) is 0 Å². The highest BCUT2D eigenvalue weighted by Crippen LogP contribution is 2.16. The van der Waals surface area contributed by atoms with E-state index in [1.165, 1.54) is 25.3 Å². The van der Waals surface area contributed by atoms with Crippen LogP contribution in [0.3, 0.4) is 0 Å². The number of rotatable bonds is 6. The van der Waals surface area contributed by atoms with Crippen molar-refractivity contribution in [3.8, 4) is 0 Å². The van der Waals surface area contributed by atoms with E-state index in [4.69, 9.17) is 5.11 Å². The van der Waals surface area contributed by atoms with Crippen LogP contribution in [0.15, 0.2) is 18.3 Å². The highest BCUT2D eigenvalue weighted by molar-refractivity contribution is 5.72. The lowest BCUT2D eigenvalue weighted by atomic mass is 10.1. The molecule has 0 aliphatic carbocycles. The lowest BCUT2D eigenvalue weighted by Gasteiger charge is -2.18. The predicted octanol–water partition coefficient (Wildman–Crippen LogP) is -0.761. The van der Waals surface area contributed by atoms with Crippen molar-refractivity contribution in [1.29, 1.82) is 0 Å². The van der Waals surface area contributed by atoms with E-state index in [1.54, 1.807) is 0 Å². The molecule has 0 saturated heterocycles. The van der Waals surface area contributed by atoms with Crippen LogP contribution in [0.5, 0.6) is 0 Å². The van der Waals surface area contributed by atoms with Crippen LogP contribution in [0.1, 0.15) is 24.3 Å². The van der Waals surface area contributed by atoms with Crippen LogP contribution < -0.4 is 5.32 Å². The number of carbonyl (C=O) groups excluding carboxylic acids is 1. The Morgan fingerprint density at radius 3 is 2.53 bits per heavy atom. The Morgan fingerprint density at radius 2 is 2.05 bits per heavy atom. The summed E-state index contributed by atoms with van der Waals surface area (Å²) in [7, 11) is 0. The number of amides is 1. The van der Waals surface area contributed by atoms with Gasteiger partial charge in [0.1, 0.15) is 12.2 Å². The summed E-state index contributed by atoms with van der Waals surface area (Å²) in [6.45, 7) is 1.23. The predicted molar refractivity (Wildman–Crippen MR) is 65.2 cm³/mol. The smallest absolute Gasteiger partial charge is 0.309 e. The van der Waals surface area contributed by atoms with Crippen LogP contribution in [-0.4, -0.2) is 44.8 Å². The third-order valence-corrected chi connectivity index (χ3v) is 2.45. The van der Waals surface area contributed by atoms with Crippen LogP contribution in [0.4, 0.5) is 0 Å². The number of aliphatic hydroxyl groups is 2. The zero-order valence-electron chi connectivity index (χ0n) is 10.4. The van der Waals surface area contributed by atoms with Gasteiger partial charge >= 0.3 is 5.97 Å². The molecule has 19 heavy (non-hydrogen) atoms. The van der Waals surface area contributed by atoms with Gasteiger partial charge in [-0.25, -0.2) is 0 Å². The maximum atomic E-state index is 10.7. The molecule has 0 aliphatic heterocycles. The van der Waals surface area contributed by atoms with Gasteiger partial charge in [0.15, 0.2) is 0 Å². The average Bonchev–Trinajstić information content (AvgIpc) is 2.35. The van der Waals surface area contributed by atoms with Crippen molar-refractivity contribution in [2.24, 2.45) is 0 Å². The molecule has 4 N–H and O–H groups in total. The molecule has 0 aromatic carbocycles. The number of hydrogen-bond acceptors (Lipinski definition) is 5. The Hall–Kier alpha value is -1.99. The summed E-state index contributed by atoms with van der Waals surface area (Å²) in [6, 6.07) is 2.96. The summed E-state index contributed by atoms with van der Waals surface area (Å²) in [5, 5.41) is 30.4. The standard InChI is InChI=1S/C12H16N2O5/c1-7(15)13-6-10(16)12(19)8-2-3-9(14-5-8)4-11(17)18/h2-3,5,10,12,16,19H,4,6H2,1H3,(H,13,15)(H,17,18). The molecular weight excluding hydrogens is 252 g/mol. The molecule has 1 aromatic heterocycles. The van der Waals surface area contributed by atoms with Crippen molar-refractivity contribution < 1.29 is 24.9 Å². The van der Waals surface area contributed by atoms with Gasteiger partial charge in [-0.15, -0.1) is 0 Å². The van der Waals surface area contributed by atoms with Crippen LogP contribution >= 0.6 is 0 Å². The highest BCUT2D eigenvalue weighted by Gasteiger charge is 2.19. The van der Waals surface area contributed by atoms with Crippen LogP contribution in [0.25, 0.3) is 0 Å². The number of carbonyl (C=O) groups is 2. The average molecular weight is 268 g/mol. The summed E-state index contributed by atoms with van der Waals surface area (Å²) in [5.74, 6) is -1.30. The van der Waals surface area contributed by atoms with Crippen molar-refractivity contribution in [3.05, 3.63) is 29.6 Å². The van der Waals surface area contributed by atoms with Crippen molar-refractivity contribution in [2.45, 2.75) is 25.6 Å². The molecule has 2 unspecified atom stereocenters. The summed E-state index contributed by atoms with van der Waals surface area (Å²) in [5.41, 5.74) is 0.715. The van der Waals surface area contributed by atoms with E-state index >= 15 is 0 Å². The molecule has 1 rings (SSSR count). The van der Waals surface area contributed by atoms with Crippen LogP contribution in [0, 0.1) is 0 Å². The molecule has 0 spiro atoms. The molecule has 0 aliphatic rings. The van der Waals surface area contributed by atoms with Gasteiger partial charge in [0, 0.05) is 25.2 Å². The molecule has 7 heteroatoms. The van der Waals surface area contributed by atoms with Gasteiger partial charge in [0.2, 0.25) is 5.91 Å². The van der Waals surface area contributed by atoms with Crippen molar-refractivity contribution in [1.82, 2.24) is 10.3 Å². The number of nitrogens with one attached hydrogen (secondary N) is 1. The minimum Gasteiger partial charge on any atom is -0.481 e. The molecule has 104 valence electrons. The maximum Gasteiger partial charge on any atom is 0.309 e. The molecule has 7 nitrogen and oxygen atoms in total. The minimum atomic E-state index is -1.20. The van der Waals surface area contributed by atoms with Gasteiger partial charge in [-0.1, -0.05) is 6.07 Å². The quantitative estimate of drug-likeness (QED) is 0.538. The lowest BCUT2D eigenvalue weighted by molar-refractivity contribution is -0.136. The number of aliphatic carboxylic acids is 1. The van der Waals surface area contributed by atoms with E-state index in [1.807, 2.05) is 0 Å². The fourth-order valence-electron chi connectivity index (χ4n) is 1.45. The molecular formula is C12H16N2O5. The Balaban J connectivity index is 2.63. The van der Waals surface area contributed by atoms with Gasteiger partial charge in [-0.2, -0.15) is 0 Å². The van der Waals surface area contributed by atoms with Crippen molar-refractivity contribution >= 4 is 11.9 Å². The van der Waals surface area contributed by atoms with E-state index in [0.29, 0.717) is 11.3 Å². The fourth-order valence-corrected chi connectivity index (χ4v) is 1.45. The number of carboxylic acid groups (broad SMARTS) is 1. The summed E-state index contributed by atoms with van der Waals surface area (Å²) in [4.78, 5) is 25.0. The first-order valence-corrected chi connectivity index (χ1v) is 5.67. The number of nitrogens with zero attached hydrogens (tertiary/aromatic N) is 1. The summed E-state index contributed by atoms with van der Waals surface area (Å²) >= 11 is 0. The van der Waals surface area contributed by atoms with E-state index in [2.05, 4.69) is 10.3 Å². The third-order valence-electron chi connectivity index (χ3n) is 2.45. The Morgan fingerprint density at radius 1 is 1.37 bits per heavy atom. The largest absolute Gasteiger partial charge is 0.481 e. The molecule has 0 radical (unpaired) electrons. The summed E-state index contributed by atoms with van der Waals surface area (Å²) < 4.78 is 0. The number of pyridine rings is 1. The second kappa shape index (κ2) is 6.81. The van der Waals surface area contributed by atoms with E-state index in [9.17, 15) is 19.8 Å². The maximum absolute atomic E-state index is 10.7. The zero-order chi connectivity index (χ0) is 14.4. The van der Waals surface area contributed by atoms with Crippen molar-refractivity contribution in [3.63, 3.8) is 0 Å². The van der Waals surface area contributed by atoms with Gasteiger partial charge in [0.25, 0.3) is 0 Å². The zero-order valence-corrected chi connectivity index (χ0v) is 10.4. The molecule has 0 fully saturated rings. The number of aliphatic hydroxyl groups excluding tert-OH is 2. The van der Waals surface area contributed by atoms with Gasteiger partial charge in [-0.3, -0.25) is 14.6 Å². The fraction of sp³-hybridized carbons (Fsp3) is 0.417. The first kappa shape index (κ1) is 15.1. The SMILES string of the molecule is CC(=O)NCC(O)C(O)c1ccc(CC(=O)O)nc1. The second-order valence-corrected chi connectivity index (χ2v) is 4.10. The van der Waals surface area contributed by atoms with Gasteiger partial charge < -0.3 is 20.6 Å². The number of hydrogen-bond donors (Lipinski definition) is 4. The lowest BCUT2D eigenvalue weighted by Crippen LogP contribution is -2.34.